The molecule has 186 valence electrons. The number of nitrogens with zero attached hydrogens (tertiary/aromatic N) is 2. The van der Waals surface area contributed by atoms with Gasteiger partial charge in [-0.2, -0.15) is 5.10 Å². The van der Waals surface area contributed by atoms with Crippen molar-refractivity contribution >= 4 is 29.5 Å². The van der Waals surface area contributed by atoms with Crippen molar-refractivity contribution in [2.75, 3.05) is 11.9 Å². The topological polar surface area (TPSA) is 102 Å². The maximum atomic E-state index is 12.2. The van der Waals surface area contributed by atoms with Crippen molar-refractivity contribution in [3.05, 3.63) is 88.2 Å². The van der Waals surface area contributed by atoms with Gasteiger partial charge in [-0.3, -0.25) is 14.3 Å². The highest BCUT2D eigenvalue weighted by Crippen LogP contribution is 2.20. The van der Waals surface area contributed by atoms with E-state index in [4.69, 9.17) is 4.74 Å². The third kappa shape index (κ3) is 6.69. The maximum absolute atomic E-state index is 12.2. The highest BCUT2D eigenvalue weighted by Gasteiger charge is 2.23. The van der Waals surface area contributed by atoms with Crippen LogP contribution in [0.5, 0.6) is 0 Å². The largest absolute Gasteiger partial charge is 0.452 e. The Morgan fingerprint density at radius 3 is 2.56 bits per heavy atom. The van der Waals surface area contributed by atoms with Gasteiger partial charge >= 0.3 is 5.97 Å². The van der Waals surface area contributed by atoms with Gasteiger partial charge in [0.25, 0.3) is 11.8 Å². The van der Waals surface area contributed by atoms with Crippen LogP contribution in [0.4, 0.5) is 5.69 Å². The number of ether oxygens (including phenoxy) is 1. The zero-order valence-electron chi connectivity index (χ0n) is 20.7. The number of rotatable bonds is 9. The van der Waals surface area contributed by atoms with Crippen molar-refractivity contribution in [2.45, 2.75) is 46.2 Å². The molecule has 2 amide bonds. The Morgan fingerprint density at radius 1 is 1.08 bits per heavy atom. The van der Waals surface area contributed by atoms with Gasteiger partial charge in [-0.15, -0.1) is 0 Å². The van der Waals surface area contributed by atoms with E-state index in [1.54, 1.807) is 30.3 Å². The summed E-state index contributed by atoms with van der Waals surface area (Å²) >= 11 is 0. The number of carbonyl (C=O) groups is 3. The minimum atomic E-state index is -0.632. The Morgan fingerprint density at radius 2 is 1.83 bits per heavy atom. The molecular weight excluding hydrogens is 456 g/mol. The van der Waals surface area contributed by atoms with Crippen LogP contribution in [0.25, 0.3) is 6.08 Å². The van der Waals surface area contributed by atoms with Crippen LogP contribution in [-0.2, 0) is 20.9 Å². The molecule has 0 atom stereocenters. The number of hydrogen-bond donors (Lipinski definition) is 2. The standard InChI is InChI=1S/C28H30N4O4/c1-18-7-9-21(10-8-18)16-32-20(3)25(19(2)31-32)13-14-27(34)36-17-26(33)29-24-6-4-5-22(15-24)28(35)30-23-11-12-23/h4-10,13-15,23H,11-12,16-17H2,1-3H3,(H,29,33)(H,30,35)/b14-13+. The number of nitrogens with one attached hydrogen (secondary N) is 2. The first-order chi connectivity index (χ1) is 17.3. The third-order valence-corrected chi connectivity index (χ3v) is 5.94. The molecule has 1 aromatic heterocycles. The molecule has 0 bridgehead atoms. The first-order valence-electron chi connectivity index (χ1n) is 11.9. The molecule has 4 rings (SSSR count). The summed E-state index contributed by atoms with van der Waals surface area (Å²) in [6.45, 7) is 6.08. The van der Waals surface area contributed by atoms with Gasteiger partial charge in [0.15, 0.2) is 6.61 Å². The summed E-state index contributed by atoms with van der Waals surface area (Å²) in [5.41, 5.74) is 5.84. The van der Waals surface area contributed by atoms with Crippen molar-refractivity contribution in [1.29, 1.82) is 0 Å². The van der Waals surface area contributed by atoms with Crippen LogP contribution < -0.4 is 10.6 Å². The van der Waals surface area contributed by atoms with E-state index in [0.29, 0.717) is 17.8 Å². The van der Waals surface area contributed by atoms with E-state index in [9.17, 15) is 14.4 Å². The van der Waals surface area contributed by atoms with Crippen LogP contribution in [0.3, 0.4) is 0 Å². The van der Waals surface area contributed by atoms with Crippen molar-refractivity contribution in [3.63, 3.8) is 0 Å². The molecule has 3 aromatic rings. The summed E-state index contributed by atoms with van der Waals surface area (Å²) in [7, 11) is 0. The van der Waals surface area contributed by atoms with Gasteiger partial charge in [-0.1, -0.05) is 35.9 Å². The molecule has 8 heteroatoms. The second-order valence-corrected chi connectivity index (χ2v) is 9.05. The van der Waals surface area contributed by atoms with Gasteiger partial charge < -0.3 is 15.4 Å². The quantitative estimate of drug-likeness (QED) is 0.352. The van der Waals surface area contributed by atoms with Crippen LogP contribution in [0.15, 0.2) is 54.6 Å². The van der Waals surface area contributed by atoms with Gasteiger partial charge in [0.05, 0.1) is 12.2 Å². The Kier molecular flexibility index (Phi) is 7.63. The molecule has 0 unspecified atom stereocenters. The zero-order chi connectivity index (χ0) is 25.7. The summed E-state index contributed by atoms with van der Waals surface area (Å²) in [6.07, 6.45) is 4.95. The lowest BCUT2D eigenvalue weighted by Crippen LogP contribution is -2.25. The number of aryl methyl sites for hydroxylation is 2. The number of anilines is 1. The van der Waals surface area contributed by atoms with Gasteiger partial charge in [-0.05, 0) is 63.5 Å². The number of amides is 2. The average molecular weight is 487 g/mol. The first kappa shape index (κ1) is 24.9. The van der Waals surface area contributed by atoms with Gasteiger partial charge in [0.2, 0.25) is 0 Å². The normalized spacial score (nSPS) is 13.0. The number of benzene rings is 2. The molecule has 36 heavy (non-hydrogen) atoms. The molecular formula is C28H30N4O4. The summed E-state index contributed by atoms with van der Waals surface area (Å²) in [4.78, 5) is 36.6. The summed E-state index contributed by atoms with van der Waals surface area (Å²) < 4.78 is 6.99. The van der Waals surface area contributed by atoms with Gasteiger partial charge in [-0.25, -0.2) is 4.79 Å². The predicted molar refractivity (Wildman–Crippen MR) is 138 cm³/mol. The molecule has 1 saturated carbocycles. The fraction of sp³-hybridized carbons (Fsp3) is 0.286. The molecule has 0 saturated heterocycles. The lowest BCUT2D eigenvalue weighted by molar-refractivity contribution is -0.142. The molecule has 2 N–H and O–H groups in total. The second kappa shape index (κ2) is 11.0. The molecule has 0 spiro atoms. The van der Waals surface area contributed by atoms with Crippen molar-refractivity contribution in [2.24, 2.45) is 0 Å². The van der Waals surface area contributed by atoms with Crippen molar-refractivity contribution in [3.8, 4) is 0 Å². The first-order valence-corrected chi connectivity index (χ1v) is 11.9. The molecule has 0 radical (unpaired) electrons. The Bertz CT molecular complexity index is 1300. The van der Waals surface area contributed by atoms with E-state index >= 15 is 0 Å². The molecule has 8 nitrogen and oxygen atoms in total. The van der Waals surface area contributed by atoms with Gasteiger partial charge in [0.1, 0.15) is 0 Å². The highest BCUT2D eigenvalue weighted by molar-refractivity contribution is 5.98. The third-order valence-electron chi connectivity index (χ3n) is 5.94. The average Bonchev–Trinajstić information content (AvgIpc) is 3.63. The number of esters is 1. The lowest BCUT2D eigenvalue weighted by Gasteiger charge is -2.08. The van der Waals surface area contributed by atoms with Crippen LogP contribution in [-0.4, -0.2) is 40.2 Å². The summed E-state index contributed by atoms with van der Waals surface area (Å²) in [6, 6.07) is 15.2. The fourth-order valence-electron chi connectivity index (χ4n) is 3.74. The molecule has 1 aliphatic carbocycles. The molecule has 1 fully saturated rings. The smallest absolute Gasteiger partial charge is 0.331 e. The number of carbonyl (C=O) groups excluding carboxylic acids is 3. The fourth-order valence-corrected chi connectivity index (χ4v) is 3.74. The Balaban J connectivity index is 1.29. The molecule has 0 aliphatic heterocycles. The lowest BCUT2D eigenvalue weighted by atomic mass is 10.1. The number of hydrogen-bond acceptors (Lipinski definition) is 5. The van der Waals surface area contributed by atoms with Crippen LogP contribution in [0.1, 0.15) is 51.3 Å². The van der Waals surface area contributed by atoms with Gasteiger partial charge in [0, 0.05) is 34.6 Å². The summed E-state index contributed by atoms with van der Waals surface area (Å²) in [5.74, 6) is -1.29. The molecule has 2 aromatic carbocycles. The van der Waals surface area contributed by atoms with Crippen LogP contribution in [0, 0.1) is 20.8 Å². The van der Waals surface area contributed by atoms with Crippen molar-refractivity contribution < 1.29 is 19.1 Å². The van der Waals surface area contributed by atoms with E-state index in [2.05, 4.69) is 40.0 Å². The van der Waals surface area contributed by atoms with Crippen LogP contribution >= 0.6 is 0 Å². The van der Waals surface area contributed by atoms with Crippen molar-refractivity contribution in [1.82, 2.24) is 15.1 Å². The Labute approximate surface area is 210 Å². The Hall–Kier alpha value is -4.20. The number of aromatic nitrogens is 2. The van der Waals surface area contributed by atoms with E-state index < -0.39 is 18.5 Å². The molecule has 1 aliphatic rings. The second-order valence-electron chi connectivity index (χ2n) is 9.05. The van der Waals surface area contributed by atoms with E-state index in [-0.39, 0.29) is 11.9 Å². The SMILES string of the molecule is Cc1ccc(Cn2nc(C)c(/C=C/C(=O)OCC(=O)Nc3cccc(C(=O)NC4CC4)c3)c2C)cc1. The zero-order valence-corrected chi connectivity index (χ0v) is 20.7. The monoisotopic (exact) mass is 486 g/mol. The van der Waals surface area contributed by atoms with Crippen LogP contribution in [0.2, 0.25) is 0 Å². The highest BCUT2D eigenvalue weighted by atomic mass is 16.5. The van der Waals surface area contributed by atoms with E-state index in [1.807, 2.05) is 25.5 Å². The van der Waals surface area contributed by atoms with E-state index in [0.717, 1.165) is 35.4 Å². The summed E-state index contributed by atoms with van der Waals surface area (Å²) in [5, 5.41) is 10.1. The van der Waals surface area contributed by atoms with E-state index in [1.165, 1.54) is 11.6 Å². The molecule has 1 heterocycles. The minimum Gasteiger partial charge on any atom is -0.452 e. The minimum absolute atomic E-state index is 0.169. The maximum Gasteiger partial charge on any atom is 0.331 e. The predicted octanol–water partition coefficient (Wildman–Crippen LogP) is 3.94.